The summed E-state index contributed by atoms with van der Waals surface area (Å²) in [6, 6.07) is -0.421. The van der Waals surface area contributed by atoms with E-state index < -0.39 is 11.5 Å². The standard InChI is InChI=1S/C13H25N3O2.ClH/c1-9(15-12(18)13(2,3)4)11(17)16-7-5-6-10(14)8-16;/h9-10H,5-8,14H2,1-4H3,(H,15,18);1H. The zero-order valence-corrected chi connectivity index (χ0v) is 13.0. The molecule has 2 atom stereocenters. The van der Waals surface area contributed by atoms with Gasteiger partial charge in [-0.2, -0.15) is 0 Å². The lowest BCUT2D eigenvalue weighted by Crippen LogP contribution is -2.53. The smallest absolute Gasteiger partial charge is 0.244 e. The zero-order chi connectivity index (χ0) is 13.9. The van der Waals surface area contributed by atoms with Crippen LogP contribution in [0.1, 0.15) is 40.5 Å². The third-order valence-corrected chi connectivity index (χ3v) is 3.17. The Morgan fingerprint density at radius 3 is 2.42 bits per heavy atom. The molecule has 0 spiro atoms. The van der Waals surface area contributed by atoms with E-state index in [1.165, 1.54) is 0 Å². The van der Waals surface area contributed by atoms with Gasteiger partial charge in [0.1, 0.15) is 6.04 Å². The molecule has 1 aliphatic heterocycles. The Bertz CT molecular complexity index is 328. The average Bonchev–Trinajstić information content (AvgIpc) is 2.26. The van der Waals surface area contributed by atoms with Gasteiger partial charge in [-0.15, -0.1) is 12.4 Å². The van der Waals surface area contributed by atoms with Crippen molar-refractivity contribution in [1.29, 1.82) is 0 Å². The fourth-order valence-corrected chi connectivity index (χ4v) is 1.96. The molecule has 0 bridgehead atoms. The van der Waals surface area contributed by atoms with Crippen LogP contribution in [0.2, 0.25) is 0 Å². The van der Waals surface area contributed by atoms with Gasteiger partial charge in [0.2, 0.25) is 11.8 Å². The molecule has 1 heterocycles. The summed E-state index contributed by atoms with van der Waals surface area (Å²) in [5.41, 5.74) is 5.37. The molecule has 2 unspecified atom stereocenters. The van der Waals surface area contributed by atoms with Crippen molar-refractivity contribution < 1.29 is 9.59 Å². The largest absolute Gasteiger partial charge is 0.344 e. The Kier molecular flexibility index (Phi) is 6.80. The Labute approximate surface area is 121 Å². The summed E-state index contributed by atoms with van der Waals surface area (Å²) in [4.78, 5) is 25.7. The SMILES string of the molecule is CC(NC(=O)C(C)(C)C)C(=O)N1CCCC(N)C1.Cl. The van der Waals surface area contributed by atoms with Gasteiger partial charge >= 0.3 is 0 Å². The fourth-order valence-electron chi connectivity index (χ4n) is 1.96. The molecule has 0 aromatic heterocycles. The molecule has 6 heteroatoms. The molecule has 0 aromatic rings. The fraction of sp³-hybridized carbons (Fsp3) is 0.846. The van der Waals surface area contributed by atoms with Gasteiger partial charge in [0.15, 0.2) is 0 Å². The second-order valence-corrected chi connectivity index (χ2v) is 6.13. The molecular formula is C13H26ClN3O2. The number of halogens is 1. The van der Waals surface area contributed by atoms with Crippen LogP contribution in [-0.4, -0.2) is 41.9 Å². The quantitative estimate of drug-likeness (QED) is 0.794. The van der Waals surface area contributed by atoms with Crippen LogP contribution in [0, 0.1) is 5.41 Å². The summed E-state index contributed by atoms with van der Waals surface area (Å²) >= 11 is 0. The molecular weight excluding hydrogens is 266 g/mol. The van der Waals surface area contributed by atoms with Crippen molar-refractivity contribution >= 4 is 24.2 Å². The third kappa shape index (κ3) is 5.37. The number of hydrogen-bond acceptors (Lipinski definition) is 3. The predicted octanol–water partition coefficient (Wildman–Crippen LogP) is 0.909. The summed E-state index contributed by atoms with van der Waals surface area (Å²) in [7, 11) is 0. The molecule has 1 aliphatic rings. The first kappa shape index (κ1) is 18.2. The summed E-state index contributed by atoms with van der Waals surface area (Å²) in [5, 5.41) is 2.76. The number of hydrogen-bond donors (Lipinski definition) is 2. The predicted molar refractivity (Wildman–Crippen MR) is 78.1 cm³/mol. The van der Waals surface area contributed by atoms with Gasteiger partial charge in [0.25, 0.3) is 0 Å². The van der Waals surface area contributed by atoms with Crippen molar-refractivity contribution in [3.8, 4) is 0 Å². The van der Waals surface area contributed by atoms with Crippen molar-refractivity contribution in [1.82, 2.24) is 10.2 Å². The Hall–Kier alpha value is -0.810. The molecule has 2 amide bonds. The highest BCUT2D eigenvalue weighted by Gasteiger charge is 2.29. The number of nitrogens with two attached hydrogens (primary N) is 1. The number of amides is 2. The number of carbonyl (C=O) groups excluding carboxylic acids is 2. The van der Waals surface area contributed by atoms with Gasteiger partial charge in [-0.1, -0.05) is 20.8 Å². The maximum Gasteiger partial charge on any atom is 0.244 e. The molecule has 1 saturated heterocycles. The van der Waals surface area contributed by atoms with E-state index in [9.17, 15) is 9.59 Å². The second kappa shape index (κ2) is 7.10. The molecule has 1 fully saturated rings. The van der Waals surface area contributed by atoms with Gasteiger partial charge < -0.3 is 16.0 Å². The van der Waals surface area contributed by atoms with E-state index in [1.54, 1.807) is 11.8 Å². The molecule has 1 rings (SSSR count). The molecule has 0 aromatic carbocycles. The minimum atomic E-state index is -0.484. The van der Waals surface area contributed by atoms with Crippen LogP contribution in [0.15, 0.2) is 0 Å². The lowest BCUT2D eigenvalue weighted by molar-refractivity contribution is -0.139. The highest BCUT2D eigenvalue weighted by Crippen LogP contribution is 2.14. The van der Waals surface area contributed by atoms with Crippen LogP contribution in [-0.2, 0) is 9.59 Å². The van der Waals surface area contributed by atoms with Gasteiger partial charge in [0.05, 0.1) is 0 Å². The second-order valence-electron chi connectivity index (χ2n) is 6.13. The van der Waals surface area contributed by atoms with Crippen LogP contribution in [0.4, 0.5) is 0 Å². The number of nitrogens with zero attached hydrogens (tertiary/aromatic N) is 1. The molecule has 0 radical (unpaired) electrons. The van der Waals surface area contributed by atoms with Gasteiger partial charge in [-0.3, -0.25) is 9.59 Å². The molecule has 3 N–H and O–H groups in total. The monoisotopic (exact) mass is 291 g/mol. The number of nitrogens with one attached hydrogen (secondary N) is 1. The van der Waals surface area contributed by atoms with Crippen molar-refractivity contribution in [2.45, 2.75) is 52.6 Å². The summed E-state index contributed by atoms with van der Waals surface area (Å²) in [6.45, 7) is 8.55. The first-order chi connectivity index (χ1) is 8.21. The van der Waals surface area contributed by atoms with Crippen molar-refractivity contribution in [3.05, 3.63) is 0 Å². The maximum absolute atomic E-state index is 12.2. The van der Waals surface area contributed by atoms with E-state index in [4.69, 9.17) is 5.73 Å². The maximum atomic E-state index is 12.2. The van der Waals surface area contributed by atoms with E-state index in [0.29, 0.717) is 6.54 Å². The number of rotatable bonds is 2. The van der Waals surface area contributed by atoms with E-state index in [2.05, 4.69) is 5.32 Å². The van der Waals surface area contributed by atoms with Crippen LogP contribution in [0.3, 0.4) is 0 Å². The topological polar surface area (TPSA) is 75.4 Å². The molecule has 0 aliphatic carbocycles. The first-order valence-electron chi connectivity index (χ1n) is 6.57. The van der Waals surface area contributed by atoms with Crippen LogP contribution < -0.4 is 11.1 Å². The Morgan fingerprint density at radius 1 is 1.37 bits per heavy atom. The summed E-state index contributed by atoms with van der Waals surface area (Å²) < 4.78 is 0. The van der Waals surface area contributed by atoms with E-state index >= 15 is 0 Å². The highest BCUT2D eigenvalue weighted by atomic mass is 35.5. The normalized spacial score (nSPS) is 21.3. The molecule has 19 heavy (non-hydrogen) atoms. The van der Waals surface area contributed by atoms with Gasteiger partial charge in [-0.25, -0.2) is 0 Å². The molecule has 0 saturated carbocycles. The number of piperidine rings is 1. The molecule has 5 nitrogen and oxygen atoms in total. The summed E-state index contributed by atoms with van der Waals surface area (Å²) in [6.07, 6.45) is 1.90. The minimum absolute atomic E-state index is 0. The summed E-state index contributed by atoms with van der Waals surface area (Å²) in [5.74, 6) is -0.146. The van der Waals surface area contributed by atoms with Crippen LogP contribution in [0.25, 0.3) is 0 Å². The molecule has 112 valence electrons. The van der Waals surface area contributed by atoms with E-state index in [0.717, 1.165) is 19.4 Å². The minimum Gasteiger partial charge on any atom is -0.344 e. The first-order valence-corrected chi connectivity index (χ1v) is 6.57. The van der Waals surface area contributed by atoms with Gasteiger partial charge in [-0.05, 0) is 19.8 Å². The van der Waals surface area contributed by atoms with Crippen LogP contribution >= 0.6 is 12.4 Å². The van der Waals surface area contributed by atoms with E-state index in [-0.39, 0.29) is 30.3 Å². The number of carbonyl (C=O) groups is 2. The highest BCUT2D eigenvalue weighted by molar-refractivity contribution is 5.89. The third-order valence-electron chi connectivity index (χ3n) is 3.17. The Morgan fingerprint density at radius 2 is 1.95 bits per heavy atom. The van der Waals surface area contributed by atoms with Crippen molar-refractivity contribution in [2.75, 3.05) is 13.1 Å². The average molecular weight is 292 g/mol. The van der Waals surface area contributed by atoms with Crippen LogP contribution in [0.5, 0.6) is 0 Å². The van der Waals surface area contributed by atoms with Gasteiger partial charge in [0, 0.05) is 24.5 Å². The van der Waals surface area contributed by atoms with E-state index in [1.807, 2.05) is 20.8 Å². The number of likely N-dealkylation sites (tertiary alicyclic amines) is 1. The zero-order valence-electron chi connectivity index (χ0n) is 12.2. The Balaban J connectivity index is 0.00000324. The lowest BCUT2D eigenvalue weighted by Gasteiger charge is -2.33. The van der Waals surface area contributed by atoms with Crippen molar-refractivity contribution in [2.24, 2.45) is 11.1 Å². The van der Waals surface area contributed by atoms with Crippen molar-refractivity contribution in [3.63, 3.8) is 0 Å². The lowest BCUT2D eigenvalue weighted by atomic mass is 9.95.